The molecule has 98 valence electrons. The van der Waals surface area contributed by atoms with E-state index in [0.29, 0.717) is 23.8 Å². The van der Waals surface area contributed by atoms with E-state index < -0.39 is 0 Å². The van der Waals surface area contributed by atoms with Crippen molar-refractivity contribution in [1.29, 1.82) is 0 Å². The van der Waals surface area contributed by atoms with E-state index in [9.17, 15) is 4.79 Å². The summed E-state index contributed by atoms with van der Waals surface area (Å²) in [7, 11) is 0. The molecule has 0 aliphatic heterocycles. The summed E-state index contributed by atoms with van der Waals surface area (Å²) in [5, 5.41) is 10.4. The first-order valence-electron chi connectivity index (χ1n) is 5.99. The Morgan fingerprint density at radius 1 is 1.21 bits per heavy atom. The number of nitrogens with one attached hydrogen (secondary N) is 1. The van der Waals surface area contributed by atoms with Crippen molar-refractivity contribution < 1.29 is 4.79 Å². The van der Waals surface area contributed by atoms with Gasteiger partial charge in [0.25, 0.3) is 0 Å². The Balaban J connectivity index is 1.88. The topological polar surface area (TPSA) is 54.9 Å². The number of hydrogen-bond acceptors (Lipinski definition) is 3. The van der Waals surface area contributed by atoms with Crippen LogP contribution in [-0.2, 0) is 11.2 Å². The Hall–Kier alpha value is -1.94. The lowest BCUT2D eigenvalue weighted by Gasteiger charge is -2.06. The lowest BCUT2D eigenvalue weighted by atomic mass is 10.0. The van der Waals surface area contributed by atoms with Crippen LogP contribution in [0, 0.1) is 6.92 Å². The Morgan fingerprint density at radius 2 is 2.00 bits per heavy atom. The molecule has 0 bridgehead atoms. The van der Waals surface area contributed by atoms with Gasteiger partial charge in [0.1, 0.15) is 0 Å². The number of benzene rings is 1. The minimum absolute atomic E-state index is 0.0834. The third-order valence-electron chi connectivity index (χ3n) is 2.78. The molecule has 1 amide bonds. The highest BCUT2D eigenvalue weighted by atomic mass is 35.5. The largest absolute Gasteiger partial charge is 0.309 e. The molecule has 1 N–H and O–H groups in total. The van der Waals surface area contributed by atoms with Crippen molar-refractivity contribution in [3.63, 3.8) is 0 Å². The Labute approximate surface area is 116 Å². The fourth-order valence-electron chi connectivity index (χ4n) is 1.73. The van der Waals surface area contributed by atoms with Crippen LogP contribution in [0.3, 0.4) is 0 Å². The van der Waals surface area contributed by atoms with E-state index in [2.05, 4.69) is 15.5 Å². The van der Waals surface area contributed by atoms with Crippen LogP contribution in [0.15, 0.2) is 36.4 Å². The van der Waals surface area contributed by atoms with Gasteiger partial charge in [-0.05, 0) is 36.6 Å². The molecule has 19 heavy (non-hydrogen) atoms. The Morgan fingerprint density at radius 3 is 2.68 bits per heavy atom. The van der Waals surface area contributed by atoms with Gasteiger partial charge in [-0.1, -0.05) is 35.9 Å². The normalized spacial score (nSPS) is 10.2. The van der Waals surface area contributed by atoms with E-state index >= 15 is 0 Å². The van der Waals surface area contributed by atoms with Gasteiger partial charge in [0, 0.05) is 6.42 Å². The van der Waals surface area contributed by atoms with Crippen LogP contribution in [0.25, 0.3) is 0 Å². The number of hydrogen-bond donors (Lipinski definition) is 1. The van der Waals surface area contributed by atoms with E-state index in [-0.39, 0.29) is 5.91 Å². The molecule has 0 saturated carbocycles. The minimum Gasteiger partial charge on any atom is -0.309 e. The summed E-state index contributed by atoms with van der Waals surface area (Å²) in [6, 6.07) is 11.3. The van der Waals surface area contributed by atoms with Crippen molar-refractivity contribution >= 4 is 23.3 Å². The fraction of sp³-hybridized carbons (Fsp3) is 0.214. The van der Waals surface area contributed by atoms with E-state index in [4.69, 9.17) is 11.6 Å². The number of carbonyl (C=O) groups excluding carboxylic acids is 1. The Bertz CT molecular complexity index is 569. The number of aryl methyl sites for hydroxylation is 2. The maximum absolute atomic E-state index is 11.8. The van der Waals surface area contributed by atoms with Gasteiger partial charge in [-0.25, -0.2) is 0 Å². The highest BCUT2D eigenvalue weighted by Gasteiger charge is 2.05. The molecule has 0 unspecified atom stereocenters. The zero-order valence-corrected chi connectivity index (χ0v) is 11.3. The average Bonchev–Trinajstić information content (AvgIpc) is 2.40. The summed E-state index contributed by atoms with van der Waals surface area (Å²) >= 11 is 5.62. The predicted octanol–water partition coefficient (Wildman–Crippen LogP) is 3.01. The number of anilines is 1. The monoisotopic (exact) mass is 275 g/mol. The lowest BCUT2D eigenvalue weighted by molar-refractivity contribution is -0.116. The van der Waals surface area contributed by atoms with E-state index in [1.54, 1.807) is 12.1 Å². The minimum atomic E-state index is -0.0834. The molecule has 0 fully saturated rings. The number of aromatic nitrogens is 2. The third kappa shape index (κ3) is 4.03. The summed E-state index contributed by atoms with van der Waals surface area (Å²) in [6.07, 6.45) is 1.12. The number of nitrogens with zero attached hydrogens (tertiary/aromatic N) is 2. The summed E-state index contributed by atoms with van der Waals surface area (Å²) < 4.78 is 0. The van der Waals surface area contributed by atoms with Crippen molar-refractivity contribution in [3.8, 4) is 0 Å². The second-order valence-corrected chi connectivity index (χ2v) is 4.60. The molecule has 2 rings (SSSR count). The van der Waals surface area contributed by atoms with Crippen molar-refractivity contribution in [1.82, 2.24) is 10.2 Å². The van der Waals surface area contributed by atoms with Crippen LogP contribution >= 0.6 is 11.6 Å². The molecular formula is C14H14ClN3O. The second-order valence-electron chi connectivity index (χ2n) is 4.22. The van der Waals surface area contributed by atoms with Gasteiger partial charge in [-0.3, -0.25) is 4.79 Å². The van der Waals surface area contributed by atoms with Crippen molar-refractivity contribution in [3.05, 3.63) is 52.7 Å². The highest BCUT2D eigenvalue weighted by molar-refractivity contribution is 6.29. The highest BCUT2D eigenvalue weighted by Crippen LogP contribution is 2.11. The summed E-state index contributed by atoms with van der Waals surface area (Å²) in [6.45, 7) is 2.04. The SMILES string of the molecule is Cc1ccccc1CCC(=O)Nc1ccc(Cl)nn1. The molecule has 4 nitrogen and oxygen atoms in total. The number of rotatable bonds is 4. The van der Waals surface area contributed by atoms with Crippen molar-refractivity contribution in [2.75, 3.05) is 5.32 Å². The maximum atomic E-state index is 11.8. The first kappa shape index (κ1) is 13.5. The molecule has 0 aliphatic rings. The van der Waals surface area contributed by atoms with Gasteiger partial charge < -0.3 is 5.32 Å². The van der Waals surface area contributed by atoms with Gasteiger partial charge >= 0.3 is 0 Å². The predicted molar refractivity (Wildman–Crippen MR) is 75.2 cm³/mol. The van der Waals surface area contributed by atoms with Crippen LogP contribution in [-0.4, -0.2) is 16.1 Å². The summed E-state index contributed by atoms with van der Waals surface area (Å²) in [5.41, 5.74) is 2.38. The van der Waals surface area contributed by atoms with Gasteiger partial charge in [-0.15, -0.1) is 10.2 Å². The number of amides is 1. The van der Waals surface area contributed by atoms with Crippen LogP contribution < -0.4 is 5.32 Å². The Kier molecular flexibility index (Phi) is 4.47. The van der Waals surface area contributed by atoms with Crippen LogP contribution in [0.1, 0.15) is 17.5 Å². The van der Waals surface area contributed by atoms with Gasteiger partial charge in [0.05, 0.1) is 0 Å². The van der Waals surface area contributed by atoms with Crippen LogP contribution in [0.2, 0.25) is 5.15 Å². The zero-order chi connectivity index (χ0) is 13.7. The molecule has 2 aromatic rings. The van der Waals surface area contributed by atoms with E-state index in [1.165, 1.54) is 11.1 Å². The molecule has 0 aliphatic carbocycles. The quantitative estimate of drug-likeness (QED) is 0.933. The van der Waals surface area contributed by atoms with Gasteiger partial charge in [-0.2, -0.15) is 0 Å². The van der Waals surface area contributed by atoms with Gasteiger partial charge in [0.2, 0.25) is 5.91 Å². The summed E-state index contributed by atoms with van der Waals surface area (Å²) in [4.78, 5) is 11.8. The van der Waals surface area contributed by atoms with Crippen LogP contribution in [0.5, 0.6) is 0 Å². The van der Waals surface area contributed by atoms with Crippen LogP contribution in [0.4, 0.5) is 5.82 Å². The maximum Gasteiger partial charge on any atom is 0.225 e. The molecule has 1 aromatic carbocycles. The standard InChI is InChI=1S/C14H14ClN3O/c1-10-4-2-3-5-11(10)6-9-14(19)16-13-8-7-12(15)17-18-13/h2-5,7-8H,6,9H2,1H3,(H,16,18,19). The zero-order valence-electron chi connectivity index (χ0n) is 10.6. The molecule has 0 radical (unpaired) electrons. The number of halogens is 1. The molecule has 5 heteroatoms. The summed E-state index contributed by atoms with van der Waals surface area (Å²) in [5.74, 6) is 0.332. The lowest BCUT2D eigenvalue weighted by Crippen LogP contribution is -2.13. The smallest absolute Gasteiger partial charge is 0.225 e. The van der Waals surface area contributed by atoms with Crippen molar-refractivity contribution in [2.45, 2.75) is 19.8 Å². The second kappa shape index (κ2) is 6.29. The molecular weight excluding hydrogens is 262 g/mol. The van der Waals surface area contributed by atoms with Crippen molar-refractivity contribution in [2.24, 2.45) is 0 Å². The molecule has 0 saturated heterocycles. The first-order chi connectivity index (χ1) is 9.15. The first-order valence-corrected chi connectivity index (χ1v) is 6.36. The average molecular weight is 276 g/mol. The molecule has 1 aromatic heterocycles. The third-order valence-corrected chi connectivity index (χ3v) is 2.98. The van der Waals surface area contributed by atoms with E-state index in [0.717, 1.165) is 0 Å². The molecule has 1 heterocycles. The molecule has 0 spiro atoms. The van der Waals surface area contributed by atoms with E-state index in [1.807, 2.05) is 31.2 Å². The van der Waals surface area contributed by atoms with Gasteiger partial charge in [0.15, 0.2) is 11.0 Å². The fourth-order valence-corrected chi connectivity index (χ4v) is 1.83. The number of carbonyl (C=O) groups is 1. The molecule has 0 atom stereocenters.